The molecule has 1 aliphatic carbocycles. The van der Waals surface area contributed by atoms with Gasteiger partial charge in [-0.15, -0.1) is 0 Å². The summed E-state index contributed by atoms with van der Waals surface area (Å²) >= 11 is 0. The number of esters is 1. The molecule has 3 rings (SSSR count). The Balaban J connectivity index is 1.53. The molecule has 0 heterocycles. The van der Waals surface area contributed by atoms with Crippen LogP contribution < -0.4 is 0 Å². The summed E-state index contributed by atoms with van der Waals surface area (Å²) < 4.78 is 5.68. The van der Waals surface area contributed by atoms with E-state index in [2.05, 4.69) is 61.5 Å². The second kappa shape index (κ2) is 11.3. The van der Waals surface area contributed by atoms with Gasteiger partial charge in [0.05, 0.1) is 6.07 Å². The summed E-state index contributed by atoms with van der Waals surface area (Å²) in [5.74, 6) is 0.139. The first-order valence-electron chi connectivity index (χ1n) is 12.3. The van der Waals surface area contributed by atoms with Crippen LogP contribution in [-0.2, 0) is 16.0 Å². The molecule has 1 fully saturated rings. The van der Waals surface area contributed by atoms with Crippen LogP contribution in [0, 0.1) is 16.7 Å². The van der Waals surface area contributed by atoms with Gasteiger partial charge in [-0.05, 0) is 80.0 Å². The molecule has 2 aromatic carbocycles. The molecule has 0 bridgehead atoms. The molecular formula is C29H37NO2. The maximum absolute atomic E-state index is 12.4. The smallest absolute Gasteiger partial charge is 0.326 e. The van der Waals surface area contributed by atoms with E-state index in [0.717, 1.165) is 25.7 Å². The number of benzene rings is 2. The van der Waals surface area contributed by atoms with E-state index in [4.69, 9.17) is 4.74 Å². The van der Waals surface area contributed by atoms with Crippen LogP contribution in [0.4, 0.5) is 0 Å². The predicted octanol–water partition coefficient (Wildman–Crippen LogP) is 7.60. The molecule has 0 spiro atoms. The Morgan fingerprint density at radius 1 is 0.969 bits per heavy atom. The molecular weight excluding hydrogens is 394 g/mol. The fraction of sp³-hybridized carbons (Fsp3) is 0.517. The van der Waals surface area contributed by atoms with Crippen LogP contribution in [0.15, 0.2) is 48.5 Å². The van der Waals surface area contributed by atoms with Crippen LogP contribution in [0.5, 0.6) is 0 Å². The minimum absolute atomic E-state index is 0.0620. The molecule has 3 heteroatoms. The number of carbonyl (C=O) groups is 1. The number of rotatable bonds is 9. The summed E-state index contributed by atoms with van der Waals surface area (Å²) in [5.41, 5.74) is 4.28. The fourth-order valence-corrected chi connectivity index (χ4v) is 4.46. The van der Waals surface area contributed by atoms with Crippen LogP contribution in [0.2, 0.25) is 0 Å². The van der Waals surface area contributed by atoms with E-state index in [1.165, 1.54) is 47.9 Å². The molecule has 0 aliphatic heterocycles. The zero-order valence-corrected chi connectivity index (χ0v) is 19.9. The maximum Gasteiger partial charge on any atom is 0.326 e. The van der Waals surface area contributed by atoms with Gasteiger partial charge in [0.15, 0.2) is 5.41 Å². The van der Waals surface area contributed by atoms with Crippen molar-refractivity contribution < 1.29 is 9.53 Å². The first-order valence-corrected chi connectivity index (χ1v) is 12.3. The van der Waals surface area contributed by atoms with E-state index in [0.29, 0.717) is 12.3 Å². The molecule has 0 amide bonds. The summed E-state index contributed by atoms with van der Waals surface area (Å²) in [6, 6.07) is 20.1. The van der Waals surface area contributed by atoms with Crippen molar-refractivity contribution in [3.05, 3.63) is 59.7 Å². The van der Waals surface area contributed by atoms with Crippen molar-refractivity contribution in [2.24, 2.45) is 5.41 Å². The summed E-state index contributed by atoms with van der Waals surface area (Å²) in [4.78, 5) is 12.4. The normalized spacial score (nSPS) is 20.2. The molecule has 2 aromatic rings. The Morgan fingerprint density at radius 3 is 2.09 bits per heavy atom. The number of aryl methyl sites for hydroxylation is 1. The minimum Gasteiger partial charge on any atom is -0.461 e. The van der Waals surface area contributed by atoms with Crippen molar-refractivity contribution in [2.45, 2.75) is 90.6 Å². The van der Waals surface area contributed by atoms with Gasteiger partial charge >= 0.3 is 5.97 Å². The molecule has 1 atom stereocenters. The van der Waals surface area contributed by atoms with Gasteiger partial charge in [0.25, 0.3) is 0 Å². The van der Waals surface area contributed by atoms with Crippen molar-refractivity contribution >= 4 is 5.97 Å². The van der Waals surface area contributed by atoms with Gasteiger partial charge in [-0.1, -0.05) is 75.2 Å². The zero-order chi connectivity index (χ0) is 23.0. The summed E-state index contributed by atoms with van der Waals surface area (Å²) in [6.45, 7) is 5.77. The van der Waals surface area contributed by atoms with E-state index in [9.17, 15) is 10.1 Å². The van der Waals surface area contributed by atoms with Crippen LogP contribution >= 0.6 is 0 Å². The van der Waals surface area contributed by atoms with Gasteiger partial charge < -0.3 is 4.74 Å². The van der Waals surface area contributed by atoms with Gasteiger partial charge in [0.2, 0.25) is 0 Å². The topological polar surface area (TPSA) is 50.1 Å². The summed E-state index contributed by atoms with van der Waals surface area (Å²) in [5, 5.41) is 9.29. The van der Waals surface area contributed by atoms with Crippen LogP contribution in [0.1, 0.15) is 89.2 Å². The molecule has 0 saturated heterocycles. The summed E-state index contributed by atoms with van der Waals surface area (Å²) in [6.07, 6.45) is 9.16. The molecule has 0 aromatic heterocycles. The molecule has 0 radical (unpaired) electrons. The highest BCUT2D eigenvalue weighted by atomic mass is 16.5. The van der Waals surface area contributed by atoms with Crippen molar-refractivity contribution in [3.8, 4) is 17.2 Å². The molecule has 32 heavy (non-hydrogen) atoms. The lowest BCUT2D eigenvalue weighted by Crippen LogP contribution is -2.33. The second-order valence-corrected chi connectivity index (χ2v) is 9.45. The first kappa shape index (κ1) is 24.1. The largest absolute Gasteiger partial charge is 0.461 e. The monoisotopic (exact) mass is 431 g/mol. The molecule has 0 N–H and O–H groups in total. The second-order valence-electron chi connectivity index (χ2n) is 9.45. The Morgan fingerprint density at radius 2 is 1.56 bits per heavy atom. The first-order chi connectivity index (χ1) is 15.5. The predicted molar refractivity (Wildman–Crippen MR) is 130 cm³/mol. The van der Waals surface area contributed by atoms with Crippen LogP contribution in [-0.4, -0.2) is 12.1 Å². The lowest BCUT2D eigenvalue weighted by Gasteiger charge is -2.30. The molecule has 170 valence electrons. The number of carbonyl (C=O) groups excluding carboxylic acids is 1. The van der Waals surface area contributed by atoms with Crippen molar-refractivity contribution in [2.75, 3.05) is 0 Å². The highest BCUT2D eigenvalue weighted by Crippen LogP contribution is 2.36. The number of hydrogen-bond donors (Lipinski definition) is 0. The summed E-state index contributed by atoms with van der Waals surface area (Å²) in [7, 11) is 0. The van der Waals surface area contributed by atoms with Gasteiger partial charge in [0, 0.05) is 0 Å². The lowest BCUT2D eigenvalue weighted by atomic mass is 9.82. The molecule has 1 aliphatic rings. The fourth-order valence-electron chi connectivity index (χ4n) is 4.46. The van der Waals surface area contributed by atoms with Gasteiger partial charge in [0.1, 0.15) is 6.10 Å². The van der Waals surface area contributed by atoms with Gasteiger partial charge in [-0.2, -0.15) is 5.26 Å². The zero-order valence-electron chi connectivity index (χ0n) is 19.9. The average Bonchev–Trinajstić information content (AvgIpc) is 2.84. The Hall–Kier alpha value is -2.60. The van der Waals surface area contributed by atoms with E-state index in [1.807, 2.05) is 6.92 Å². The minimum atomic E-state index is -1.03. The highest BCUT2D eigenvalue weighted by molar-refractivity contribution is 5.79. The van der Waals surface area contributed by atoms with Crippen molar-refractivity contribution in [1.82, 2.24) is 0 Å². The van der Waals surface area contributed by atoms with Crippen molar-refractivity contribution in [1.29, 1.82) is 5.26 Å². The Labute approximate surface area is 193 Å². The highest BCUT2D eigenvalue weighted by Gasteiger charge is 2.35. The van der Waals surface area contributed by atoms with E-state index in [1.54, 1.807) is 6.92 Å². The maximum atomic E-state index is 12.4. The third kappa shape index (κ3) is 6.00. The number of unbranched alkanes of at least 4 members (excludes halogenated alkanes) is 2. The average molecular weight is 432 g/mol. The SMILES string of the molecule is CCCCCc1ccc(-c2ccc(C3CCC(OC(=O)C(C)(C#N)CC)CC3)cc2)cc1. The molecule has 1 unspecified atom stereocenters. The van der Waals surface area contributed by atoms with Crippen molar-refractivity contribution in [3.63, 3.8) is 0 Å². The van der Waals surface area contributed by atoms with E-state index < -0.39 is 5.41 Å². The Bertz CT molecular complexity index is 902. The lowest BCUT2D eigenvalue weighted by molar-refractivity contribution is -0.159. The molecule has 1 saturated carbocycles. The number of nitriles is 1. The Kier molecular flexibility index (Phi) is 8.51. The third-order valence-corrected chi connectivity index (χ3v) is 7.09. The van der Waals surface area contributed by atoms with Gasteiger partial charge in [-0.3, -0.25) is 4.79 Å². The van der Waals surface area contributed by atoms with Crippen LogP contribution in [0.25, 0.3) is 11.1 Å². The number of ether oxygens (including phenoxy) is 1. The van der Waals surface area contributed by atoms with E-state index >= 15 is 0 Å². The third-order valence-electron chi connectivity index (χ3n) is 7.09. The standard InChI is InChI=1S/C29H37NO2/c1-4-6-7-8-22-9-11-23(12-10-22)24-13-15-25(16-14-24)26-17-19-27(20-18-26)32-28(31)29(3,5-2)21-30/h9-16,26-27H,4-8,17-20H2,1-3H3. The van der Waals surface area contributed by atoms with E-state index in [-0.39, 0.29) is 12.1 Å². The van der Waals surface area contributed by atoms with Gasteiger partial charge in [-0.25, -0.2) is 0 Å². The molecule has 3 nitrogen and oxygen atoms in total. The quantitative estimate of drug-likeness (QED) is 0.303. The number of hydrogen-bond acceptors (Lipinski definition) is 3. The number of nitrogens with zero attached hydrogens (tertiary/aromatic N) is 1. The van der Waals surface area contributed by atoms with Crippen LogP contribution in [0.3, 0.4) is 0 Å².